The van der Waals surface area contributed by atoms with Crippen LogP contribution in [0.3, 0.4) is 0 Å². The first-order valence-corrected chi connectivity index (χ1v) is 34.4. The Balaban J connectivity index is 1.30. The number of amides is 13. The number of carbonyl (C=O) groups is 13. The van der Waals surface area contributed by atoms with Crippen molar-refractivity contribution in [3.63, 3.8) is 0 Å². The molecular weight excluding hydrogens is 1340 g/mol. The third-order valence-corrected chi connectivity index (χ3v) is 17.4. The number of carbonyl (C=O) groups excluding carboxylic acids is 13. The largest absolute Gasteiger partial charge is 0.508 e. The molecule has 11 atom stereocenters. The highest BCUT2D eigenvalue weighted by molar-refractivity contribution is 6.30. The van der Waals surface area contributed by atoms with Gasteiger partial charge in [-0.15, -0.1) is 0 Å². The lowest BCUT2D eigenvalue weighted by atomic mass is 9.98. The van der Waals surface area contributed by atoms with Gasteiger partial charge in [0.25, 0.3) is 0 Å². The molecule has 2 aliphatic heterocycles. The van der Waals surface area contributed by atoms with Gasteiger partial charge in [0.1, 0.15) is 66.2 Å². The average Bonchev–Trinajstić information content (AvgIpc) is 1.41. The van der Waals surface area contributed by atoms with E-state index >= 15 is 9.59 Å². The van der Waals surface area contributed by atoms with Gasteiger partial charge in [0.05, 0.1) is 19.6 Å². The number of benzene rings is 4. The molecule has 2 heterocycles. The molecule has 0 spiro atoms. The van der Waals surface area contributed by atoms with Gasteiger partial charge in [-0.25, -0.2) is 0 Å². The van der Waals surface area contributed by atoms with Crippen molar-refractivity contribution in [3.8, 4) is 5.75 Å². The molecule has 0 aliphatic carbocycles. The number of nitrogens with two attached hydrogens (primary N) is 3. The van der Waals surface area contributed by atoms with E-state index in [4.69, 9.17) is 28.8 Å². The zero-order valence-electron chi connectivity index (χ0n) is 57.8. The van der Waals surface area contributed by atoms with Crippen LogP contribution in [-0.4, -0.2) is 191 Å². The molecular formula is C70H95ClN16O15. The third-order valence-electron chi connectivity index (χ3n) is 17.2. The lowest BCUT2D eigenvalue weighted by molar-refractivity contribution is -0.142. The van der Waals surface area contributed by atoms with Gasteiger partial charge in [0.2, 0.25) is 76.8 Å². The van der Waals surface area contributed by atoms with Crippen molar-refractivity contribution in [1.82, 2.24) is 63.4 Å². The molecule has 0 bridgehead atoms. The number of aliphatic hydroxyl groups excluding tert-OH is 1. The standard InChI is InChI=1S/C70H95ClN16O15/c1-6-7-14-47-34-54(80-59(92)36-76-58(91)35-55(78-40(5)89)66(99)83-51(61(94)79-47)31-41-18-23-46(71)24-19-41)65(98)86-56(37-88)67(100)85-52(32-42-20-25-48(90)26-21-42)63(96)84-53(33-43-17-22-44-12-8-9-13-45(44)30-43)64(97)82-50(29-38(2)3)62(95)81-49(15-10-27-75-70(73)74)69(102)87-28-11-16-57(87)68(101)77-39(4)60(72)93/h8-9,12-13,17-26,30,38-39,47,49-57,88,90H,6-7,10-11,14-16,27-29,31-37H2,1-5H3,(H2,72,93)(H,76,91)(H,77,101)(H,78,89)(H,79,94)(H,80,92)(H,81,95)(H,82,97)(H,83,99)(H,84,96)(H,85,100)(H,86,98)(H4,73,74,75)/t39-,47?,49+,50-,51-,52+,53-,54-,55+,56+,57+/m1/s1. The van der Waals surface area contributed by atoms with E-state index in [-0.39, 0.29) is 88.5 Å². The van der Waals surface area contributed by atoms with Crippen LogP contribution in [-0.2, 0) is 81.6 Å². The van der Waals surface area contributed by atoms with E-state index in [1.807, 2.05) is 37.3 Å². The molecule has 32 heteroatoms. The minimum absolute atomic E-state index is 0.00146. The van der Waals surface area contributed by atoms with Gasteiger partial charge >= 0.3 is 0 Å². The number of likely N-dealkylation sites (tertiary alicyclic amines) is 1. The van der Waals surface area contributed by atoms with Crippen molar-refractivity contribution in [3.05, 3.63) is 113 Å². The third kappa shape index (κ3) is 25.6. The fourth-order valence-corrected chi connectivity index (χ4v) is 11.9. The second kappa shape index (κ2) is 39.5. The van der Waals surface area contributed by atoms with Crippen molar-refractivity contribution >= 4 is 105 Å². The highest BCUT2D eigenvalue weighted by Crippen LogP contribution is 2.23. The molecule has 552 valence electrons. The number of unbranched alkanes of at least 4 members (excludes halogenated alkanes) is 1. The number of hydrogen-bond acceptors (Lipinski definition) is 16. The van der Waals surface area contributed by atoms with Crippen molar-refractivity contribution in [2.24, 2.45) is 28.1 Å². The summed E-state index contributed by atoms with van der Waals surface area (Å²) in [5.74, 6) is -11.7. The fourth-order valence-electron chi connectivity index (χ4n) is 11.8. The maximum atomic E-state index is 15.1. The van der Waals surface area contributed by atoms with Crippen LogP contribution in [0.1, 0.15) is 116 Å². The lowest BCUT2D eigenvalue weighted by Gasteiger charge is -2.31. The second-order valence-corrected chi connectivity index (χ2v) is 26.4. The van der Waals surface area contributed by atoms with E-state index < -0.39 is 163 Å². The van der Waals surface area contributed by atoms with Gasteiger partial charge < -0.3 is 90.8 Å². The van der Waals surface area contributed by atoms with Crippen LogP contribution in [0, 0.1) is 5.92 Å². The van der Waals surface area contributed by atoms with E-state index in [2.05, 4.69) is 63.5 Å². The van der Waals surface area contributed by atoms with E-state index in [0.29, 0.717) is 41.0 Å². The minimum Gasteiger partial charge on any atom is -0.508 e. The maximum absolute atomic E-state index is 15.1. The molecule has 2 fully saturated rings. The second-order valence-electron chi connectivity index (χ2n) is 26.0. The van der Waals surface area contributed by atoms with Gasteiger partial charge in [-0.05, 0) is 110 Å². The first-order chi connectivity index (χ1) is 48.5. The maximum Gasteiger partial charge on any atom is 0.245 e. The molecule has 6 rings (SSSR count). The summed E-state index contributed by atoms with van der Waals surface area (Å²) in [6.07, 6.45) is 0.430. The monoisotopic (exact) mass is 1430 g/mol. The summed E-state index contributed by atoms with van der Waals surface area (Å²) < 4.78 is 0. The molecule has 19 N–H and O–H groups in total. The highest BCUT2D eigenvalue weighted by Gasteiger charge is 2.41. The Hall–Kier alpha value is -10.4. The summed E-state index contributed by atoms with van der Waals surface area (Å²) in [6.45, 7) is 6.32. The zero-order chi connectivity index (χ0) is 74.7. The lowest BCUT2D eigenvalue weighted by Crippen LogP contribution is -2.61. The van der Waals surface area contributed by atoms with Gasteiger partial charge in [0, 0.05) is 50.3 Å². The van der Waals surface area contributed by atoms with Crippen molar-refractivity contribution in [2.75, 3.05) is 26.2 Å². The molecule has 2 saturated heterocycles. The smallest absolute Gasteiger partial charge is 0.245 e. The first-order valence-electron chi connectivity index (χ1n) is 34.0. The molecule has 4 aromatic carbocycles. The van der Waals surface area contributed by atoms with E-state index in [1.54, 1.807) is 50.2 Å². The number of aliphatic hydroxyl groups is 1. The van der Waals surface area contributed by atoms with Gasteiger partial charge in [-0.1, -0.05) is 112 Å². The number of fused-ring (bicyclic) bond motifs is 1. The van der Waals surface area contributed by atoms with Crippen LogP contribution < -0.4 is 75.7 Å². The van der Waals surface area contributed by atoms with Crippen LogP contribution in [0.5, 0.6) is 5.75 Å². The number of hydrogen-bond donors (Lipinski definition) is 16. The van der Waals surface area contributed by atoms with Gasteiger partial charge in [-0.2, -0.15) is 0 Å². The van der Waals surface area contributed by atoms with E-state index in [0.717, 1.165) is 17.7 Å². The fraction of sp³-hybridized carbons (Fsp3) is 0.486. The number of rotatable bonds is 31. The number of nitrogens with zero attached hydrogens (tertiary/aromatic N) is 2. The Morgan fingerprint density at radius 1 is 0.676 bits per heavy atom. The molecule has 0 saturated carbocycles. The number of phenolic OH excluding ortho intramolecular Hbond substituents is 1. The summed E-state index contributed by atoms with van der Waals surface area (Å²) in [7, 11) is 0. The summed E-state index contributed by atoms with van der Waals surface area (Å²) in [6, 6.07) is 9.60. The topological polar surface area (TPSA) is 488 Å². The first kappa shape index (κ1) is 80.5. The average molecular weight is 1440 g/mol. The molecule has 102 heavy (non-hydrogen) atoms. The summed E-state index contributed by atoms with van der Waals surface area (Å²) >= 11 is 6.15. The molecule has 2 aliphatic rings. The zero-order valence-corrected chi connectivity index (χ0v) is 58.6. The highest BCUT2D eigenvalue weighted by atomic mass is 35.5. The van der Waals surface area contributed by atoms with Crippen LogP contribution in [0.15, 0.2) is 96.0 Å². The quantitative estimate of drug-likeness (QED) is 0.0160. The number of aromatic hydroxyl groups is 1. The van der Waals surface area contributed by atoms with Crippen LogP contribution in [0.4, 0.5) is 0 Å². The molecule has 0 aromatic heterocycles. The predicted octanol–water partition coefficient (Wildman–Crippen LogP) is -1.22. The SMILES string of the molecule is CCCCC1C[C@H](C(=O)N[C@@H](CO)C(=O)N[C@@H](Cc2ccc(O)cc2)C(=O)N[C@H](Cc2ccc3ccccc3c2)C(=O)N[C@H](CC(C)C)C(=O)N[C@@H](CCCN=C(N)N)C(=O)N2CCC[C@H]2C(=O)N[C@H](C)C(N)=O)NC(=O)CNC(=O)C[C@H](NC(C)=O)C(=O)N[C@H](Cc2ccc(Cl)cc2)C(=O)N1. The molecule has 4 aromatic rings. The van der Waals surface area contributed by atoms with Gasteiger partial charge in [0.15, 0.2) is 5.96 Å². The Morgan fingerprint density at radius 2 is 1.28 bits per heavy atom. The Bertz CT molecular complexity index is 3670. The van der Waals surface area contributed by atoms with Crippen LogP contribution in [0.25, 0.3) is 10.8 Å². The van der Waals surface area contributed by atoms with Gasteiger partial charge in [-0.3, -0.25) is 67.3 Å². The molecule has 1 unspecified atom stereocenters. The number of aliphatic imine (C=N–C) groups is 1. The van der Waals surface area contributed by atoms with Crippen molar-refractivity contribution in [2.45, 2.75) is 185 Å². The predicted molar refractivity (Wildman–Crippen MR) is 377 cm³/mol. The Labute approximate surface area is 595 Å². The summed E-state index contributed by atoms with van der Waals surface area (Å²) in [5.41, 5.74) is 18.1. The minimum atomic E-state index is -1.87. The van der Waals surface area contributed by atoms with Crippen LogP contribution >= 0.6 is 11.6 Å². The molecule has 31 nitrogen and oxygen atoms in total. The Kier molecular flexibility index (Phi) is 31.2. The number of primary amides is 1. The number of phenols is 1. The number of halogens is 1. The van der Waals surface area contributed by atoms with E-state index in [9.17, 15) is 63.0 Å². The van der Waals surface area contributed by atoms with Crippen molar-refractivity contribution in [1.29, 1.82) is 0 Å². The van der Waals surface area contributed by atoms with E-state index in [1.165, 1.54) is 36.1 Å². The summed E-state index contributed by atoms with van der Waals surface area (Å²) in [4.78, 5) is 187. The molecule has 0 radical (unpaired) electrons. The number of guanidine groups is 1. The van der Waals surface area contributed by atoms with Crippen molar-refractivity contribution < 1.29 is 72.5 Å². The van der Waals surface area contributed by atoms with Crippen LogP contribution in [0.2, 0.25) is 5.02 Å². The summed E-state index contributed by atoms with van der Waals surface area (Å²) in [5, 5.41) is 52.0. The molecule has 13 amide bonds. The number of nitrogens with one attached hydrogen (secondary N) is 11. The normalized spacial score (nSPS) is 19.2. The Morgan fingerprint density at radius 3 is 1.91 bits per heavy atom.